The maximum absolute atomic E-state index is 12.3. The van der Waals surface area contributed by atoms with Gasteiger partial charge in [0.15, 0.2) is 6.10 Å². The highest BCUT2D eigenvalue weighted by Crippen LogP contribution is 2.35. The number of esters is 2. The van der Waals surface area contributed by atoms with Crippen molar-refractivity contribution < 1.29 is 37.9 Å². The molecule has 246 valence electrons. The lowest BCUT2D eigenvalue weighted by molar-refractivity contribution is -0.161. The zero-order valence-corrected chi connectivity index (χ0v) is 27.5. The molecule has 0 radical (unpaired) electrons. The summed E-state index contributed by atoms with van der Waals surface area (Å²) in [5.41, 5.74) is 0. The van der Waals surface area contributed by atoms with Crippen LogP contribution in [-0.2, 0) is 28.2 Å². The number of carbonyl (C=O) groups is 2. The summed E-state index contributed by atoms with van der Waals surface area (Å²) in [5, 5.41) is 0. The molecule has 0 aromatic heterocycles. The molecule has 1 atom stereocenters. The van der Waals surface area contributed by atoms with E-state index in [9.17, 15) is 14.2 Å². The van der Waals surface area contributed by atoms with Gasteiger partial charge in [0.1, 0.15) is 6.61 Å². The number of allylic oxidation sites excluding steroid dienone is 4. The lowest BCUT2D eigenvalue weighted by Gasteiger charge is -2.18. The standard InChI is InChI=1S/C33H61O8P/c1-3-5-7-9-11-13-15-16-17-18-20-22-24-26-28-33(35)41-31(30-40-42(36,37)38)29-39-32(34)27-25-23-21-19-14-12-10-8-6-4-2/h9,11,15-16,31H,3-8,10,12-14,17-30H2,1-2H3,(H2,36,37,38)/b11-9+,16-15+/t31-/m1/s1. The van der Waals surface area contributed by atoms with E-state index in [0.717, 1.165) is 64.2 Å². The van der Waals surface area contributed by atoms with E-state index < -0.39 is 32.5 Å². The molecule has 0 aromatic carbocycles. The second-order valence-electron chi connectivity index (χ2n) is 11.1. The number of hydrogen-bond donors (Lipinski definition) is 2. The Kier molecular flexibility index (Phi) is 28.6. The van der Waals surface area contributed by atoms with Crippen molar-refractivity contribution in [1.29, 1.82) is 0 Å². The van der Waals surface area contributed by atoms with Gasteiger partial charge < -0.3 is 19.3 Å². The summed E-state index contributed by atoms with van der Waals surface area (Å²) in [7, 11) is -4.74. The van der Waals surface area contributed by atoms with Gasteiger partial charge >= 0.3 is 19.8 Å². The summed E-state index contributed by atoms with van der Waals surface area (Å²) in [5.74, 6) is -0.903. The van der Waals surface area contributed by atoms with Crippen molar-refractivity contribution in [2.75, 3.05) is 13.2 Å². The third kappa shape index (κ3) is 31.5. The minimum absolute atomic E-state index is 0.198. The Labute approximate surface area is 256 Å². The molecule has 0 aliphatic heterocycles. The summed E-state index contributed by atoms with van der Waals surface area (Å²) in [6.07, 6.45) is 30.4. The van der Waals surface area contributed by atoms with Crippen LogP contribution in [-0.4, -0.2) is 41.0 Å². The van der Waals surface area contributed by atoms with Gasteiger partial charge in [0.25, 0.3) is 0 Å². The predicted molar refractivity (Wildman–Crippen MR) is 170 cm³/mol. The van der Waals surface area contributed by atoms with Gasteiger partial charge in [0.05, 0.1) is 6.61 Å². The summed E-state index contributed by atoms with van der Waals surface area (Å²) in [6, 6.07) is 0. The van der Waals surface area contributed by atoms with Crippen molar-refractivity contribution >= 4 is 19.8 Å². The van der Waals surface area contributed by atoms with Crippen molar-refractivity contribution in [3.05, 3.63) is 24.3 Å². The van der Waals surface area contributed by atoms with Gasteiger partial charge in [-0.05, 0) is 38.5 Å². The molecule has 0 spiro atoms. The SMILES string of the molecule is CCCC/C=C/C/C=C/CCCCCCCC(=O)O[C@H](COC(=O)CCCCCCCCCCCC)COP(=O)(O)O. The van der Waals surface area contributed by atoms with Crippen molar-refractivity contribution in [2.45, 2.75) is 161 Å². The molecule has 0 amide bonds. The molecule has 0 aliphatic carbocycles. The van der Waals surface area contributed by atoms with E-state index in [1.807, 2.05) is 0 Å². The van der Waals surface area contributed by atoms with Crippen LogP contribution in [0.15, 0.2) is 24.3 Å². The van der Waals surface area contributed by atoms with E-state index in [-0.39, 0.29) is 19.4 Å². The summed E-state index contributed by atoms with van der Waals surface area (Å²) >= 11 is 0. The van der Waals surface area contributed by atoms with Crippen LogP contribution in [0.3, 0.4) is 0 Å². The monoisotopic (exact) mass is 616 g/mol. The van der Waals surface area contributed by atoms with Crippen molar-refractivity contribution in [3.8, 4) is 0 Å². The molecule has 0 saturated heterocycles. The maximum atomic E-state index is 12.3. The first-order valence-corrected chi connectivity index (χ1v) is 18.2. The van der Waals surface area contributed by atoms with Crippen LogP contribution in [0.5, 0.6) is 0 Å². The van der Waals surface area contributed by atoms with Crippen molar-refractivity contribution in [3.63, 3.8) is 0 Å². The molecule has 0 aromatic rings. The first kappa shape index (κ1) is 40.5. The molecule has 0 saturated carbocycles. The Morgan fingerprint density at radius 3 is 1.64 bits per heavy atom. The topological polar surface area (TPSA) is 119 Å². The molecular formula is C33H61O8P. The largest absolute Gasteiger partial charge is 0.469 e. The second kappa shape index (κ2) is 29.6. The van der Waals surface area contributed by atoms with Crippen molar-refractivity contribution in [2.24, 2.45) is 0 Å². The number of ether oxygens (including phenoxy) is 2. The van der Waals surface area contributed by atoms with Crippen LogP contribution in [0.2, 0.25) is 0 Å². The highest BCUT2D eigenvalue weighted by Gasteiger charge is 2.22. The molecule has 0 rings (SSSR count). The Hall–Kier alpha value is -1.47. The minimum Gasteiger partial charge on any atom is -0.462 e. The Bertz CT molecular complexity index is 746. The van der Waals surface area contributed by atoms with Crippen LogP contribution < -0.4 is 0 Å². The van der Waals surface area contributed by atoms with Crippen LogP contribution in [0.1, 0.15) is 155 Å². The third-order valence-corrected chi connectivity index (χ3v) is 7.46. The number of rotatable bonds is 30. The van der Waals surface area contributed by atoms with Crippen LogP contribution in [0.4, 0.5) is 0 Å². The van der Waals surface area contributed by atoms with Crippen LogP contribution >= 0.6 is 7.82 Å². The number of carbonyl (C=O) groups excluding carboxylic acids is 2. The van der Waals surface area contributed by atoms with Gasteiger partial charge in [-0.25, -0.2) is 4.57 Å². The van der Waals surface area contributed by atoms with Gasteiger partial charge in [0.2, 0.25) is 0 Å². The molecule has 9 heteroatoms. The average molecular weight is 617 g/mol. The van der Waals surface area contributed by atoms with Gasteiger partial charge in [-0.3, -0.25) is 14.1 Å². The molecule has 8 nitrogen and oxygen atoms in total. The van der Waals surface area contributed by atoms with E-state index in [2.05, 4.69) is 42.7 Å². The normalized spacial score (nSPS) is 12.8. The van der Waals surface area contributed by atoms with Crippen LogP contribution in [0.25, 0.3) is 0 Å². The molecular weight excluding hydrogens is 555 g/mol. The fraction of sp³-hybridized carbons (Fsp3) is 0.818. The Morgan fingerprint density at radius 1 is 0.619 bits per heavy atom. The van der Waals surface area contributed by atoms with Crippen LogP contribution in [0, 0.1) is 0 Å². The lowest BCUT2D eigenvalue weighted by atomic mass is 10.1. The van der Waals surface area contributed by atoms with E-state index >= 15 is 0 Å². The molecule has 0 aliphatic rings. The quantitative estimate of drug-likeness (QED) is 0.0355. The zero-order chi connectivity index (χ0) is 31.2. The summed E-state index contributed by atoms with van der Waals surface area (Å²) in [4.78, 5) is 42.4. The zero-order valence-electron chi connectivity index (χ0n) is 26.6. The van der Waals surface area contributed by atoms with Gasteiger partial charge in [0, 0.05) is 12.8 Å². The van der Waals surface area contributed by atoms with Gasteiger partial charge in [-0.2, -0.15) is 0 Å². The maximum Gasteiger partial charge on any atom is 0.469 e. The molecule has 0 heterocycles. The fourth-order valence-electron chi connectivity index (χ4n) is 4.45. The molecule has 0 bridgehead atoms. The number of hydrogen-bond acceptors (Lipinski definition) is 6. The molecule has 42 heavy (non-hydrogen) atoms. The summed E-state index contributed by atoms with van der Waals surface area (Å²) in [6.45, 7) is 3.59. The van der Waals surface area contributed by atoms with E-state index in [4.69, 9.17) is 19.3 Å². The van der Waals surface area contributed by atoms with Gasteiger partial charge in [-0.15, -0.1) is 0 Å². The number of phosphoric acid groups is 1. The Balaban J connectivity index is 4.05. The van der Waals surface area contributed by atoms with Gasteiger partial charge in [-0.1, -0.05) is 128 Å². The first-order valence-electron chi connectivity index (χ1n) is 16.6. The Morgan fingerprint density at radius 2 is 1.10 bits per heavy atom. The first-order chi connectivity index (χ1) is 20.3. The summed E-state index contributed by atoms with van der Waals surface area (Å²) < 4.78 is 26.2. The second-order valence-corrected chi connectivity index (χ2v) is 12.4. The van der Waals surface area contributed by atoms with E-state index in [1.165, 1.54) is 57.8 Å². The lowest BCUT2D eigenvalue weighted by Crippen LogP contribution is -2.29. The van der Waals surface area contributed by atoms with Crippen molar-refractivity contribution in [1.82, 2.24) is 0 Å². The fourth-order valence-corrected chi connectivity index (χ4v) is 4.81. The number of unbranched alkanes of at least 4 members (excludes halogenated alkanes) is 16. The highest BCUT2D eigenvalue weighted by atomic mass is 31.2. The predicted octanol–water partition coefficient (Wildman–Crippen LogP) is 9.29. The number of phosphoric ester groups is 1. The van der Waals surface area contributed by atoms with E-state index in [0.29, 0.717) is 6.42 Å². The highest BCUT2D eigenvalue weighted by molar-refractivity contribution is 7.46. The smallest absolute Gasteiger partial charge is 0.462 e. The molecule has 2 N–H and O–H groups in total. The average Bonchev–Trinajstić information content (AvgIpc) is 2.95. The third-order valence-electron chi connectivity index (χ3n) is 6.97. The minimum atomic E-state index is -4.74. The molecule has 0 fully saturated rings. The van der Waals surface area contributed by atoms with E-state index in [1.54, 1.807) is 0 Å². The molecule has 0 unspecified atom stereocenters.